The lowest BCUT2D eigenvalue weighted by atomic mass is 10.0. The number of nitrogens with zero attached hydrogens (tertiary/aromatic N) is 1. The number of hydrogen-bond acceptors (Lipinski definition) is 4. The van der Waals surface area contributed by atoms with Crippen LogP contribution in [0.3, 0.4) is 0 Å². The zero-order valence-electron chi connectivity index (χ0n) is 11.4. The summed E-state index contributed by atoms with van der Waals surface area (Å²) in [4.78, 5) is 15.7. The van der Waals surface area contributed by atoms with Crippen molar-refractivity contribution in [3.8, 4) is 5.75 Å². The highest BCUT2D eigenvalue weighted by Gasteiger charge is 2.10. The average molecular weight is 259 g/mol. The van der Waals surface area contributed by atoms with E-state index in [2.05, 4.69) is 9.72 Å². The summed E-state index contributed by atoms with van der Waals surface area (Å²) in [5.41, 5.74) is 2.86. The highest BCUT2D eigenvalue weighted by molar-refractivity contribution is 5.88. The number of carbonyl (C=O) groups is 1. The molecule has 1 heterocycles. The van der Waals surface area contributed by atoms with Crippen LogP contribution in [0.25, 0.3) is 10.9 Å². The quantitative estimate of drug-likeness (QED) is 0.792. The molecule has 4 nitrogen and oxygen atoms in total. The molecule has 0 N–H and O–H groups in total. The summed E-state index contributed by atoms with van der Waals surface area (Å²) in [6, 6.07) is 7.85. The predicted molar refractivity (Wildman–Crippen MR) is 73.4 cm³/mol. The Morgan fingerprint density at radius 2 is 2.00 bits per heavy atom. The third-order valence-electron chi connectivity index (χ3n) is 3.10. The molecule has 0 bridgehead atoms. The SMILES string of the molecule is COC(=O)CCc1ccc(OC)c2nc(C)ccc12. The summed E-state index contributed by atoms with van der Waals surface area (Å²) in [6.45, 7) is 1.94. The Morgan fingerprint density at radius 3 is 2.68 bits per heavy atom. The van der Waals surface area contributed by atoms with Crippen LogP contribution >= 0.6 is 0 Å². The highest BCUT2D eigenvalue weighted by Crippen LogP contribution is 2.27. The molecule has 100 valence electrons. The number of esters is 1. The second-order valence-electron chi connectivity index (χ2n) is 4.35. The van der Waals surface area contributed by atoms with Crippen LogP contribution in [0.5, 0.6) is 5.75 Å². The second kappa shape index (κ2) is 5.69. The van der Waals surface area contributed by atoms with Crippen molar-refractivity contribution in [2.24, 2.45) is 0 Å². The Labute approximate surface area is 112 Å². The summed E-state index contributed by atoms with van der Waals surface area (Å²) in [7, 11) is 3.03. The van der Waals surface area contributed by atoms with E-state index in [1.165, 1.54) is 7.11 Å². The number of benzene rings is 1. The molecule has 0 spiro atoms. The maximum Gasteiger partial charge on any atom is 0.305 e. The minimum Gasteiger partial charge on any atom is -0.494 e. The number of ether oxygens (including phenoxy) is 2. The van der Waals surface area contributed by atoms with Crippen LogP contribution in [0.4, 0.5) is 0 Å². The Morgan fingerprint density at radius 1 is 1.21 bits per heavy atom. The molecule has 1 aromatic heterocycles. The molecule has 0 fully saturated rings. The third kappa shape index (κ3) is 2.84. The number of carbonyl (C=O) groups excluding carboxylic acids is 1. The van der Waals surface area contributed by atoms with Gasteiger partial charge < -0.3 is 9.47 Å². The van der Waals surface area contributed by atoms with Gasteiger partial charge in [-0.15, -0.1) is 0 Å². The lowest BCUT2D eigenvalue weighted by Crippen LogP contribution is -2.02. The van der Waals surface area contributed by atoms with Gasteiger partial charge in [0.2, 0.25) is 0 Å². The van der Waals surface area contributed by atoms with Crippen molar-refractivity contribution < 1.29 is 14.3 Å². The molecule has 0 amide bonds. The van der Waals surface area contributed by atoms with Gasteiger partial charge in [0.15, 0.2) is 0 Å². The van der Waals surface area contributed by atoms with Gasteiger partial charge in [0.25, 0.3) is 0 Å². The molecule has 2 rings (SSSR count). The molecule has 0 atom stereocenters. The monoisotopic (exact) mass is 259 g/mol. The average Bonchev–Trinajstić information content (AvgIpc) is 2.43. The number of methoxy groups -OCH3 is 2. The molecule has 4 heteroatoms. The molecule has 2 aromatic rings. The molecule has 0 aliphatic heterocycles. The molecule has 0 aliphatic rings. The van der Waals surface area contributed by atoms with Crippen molar-refractivity contribution in [3.05, 3.63) is 35.5 Å². The molecule has 19 heavy (non-hydrogen) atoms. The van der Waals surface area contributed by atoms with Crippen molar-refractivity contribution in [1.82, 2.24) is 4.98 Å². The number of pyridine rings is 1. The molecule has 0 saturated heterocycles. The Kier molecular flexibility index (Phi) is 4.00. The molecule has 0 aliphatic carbocycles. The van der Waals surface area contributed by atoms with Crippen LogP contribution in [0.2, 0.25) is 0 Å². The fraction of sp³-hybridized carbons (Fsp3) is 0.333. The largest absolute Gasteiger partial charge is 0.494 e. The number of rotatable bonds is 4. The second-order valence-corrected chi connectivity index (χ2v) is 4.35. The Balaban J connectivity index is 2.42. The lowest BCUT2D eigenvalue weighted by Gasteiger charge is -2.10. The van der Waals surface area contributed by atoms with Gasteiger partial charge in [0, 0.05) is 17.5 Å². The first-order valence-electron chi connectivity index (χ1n) is 6.15. The van der Waals surface area contributed by atoms with Gasteiger partial charge in [-0.3, -0.25) is 4.79 Å². The van der Waals surface area contributed by atoms with E-state index in [-0.39, 0.29) is 5.97 Å². The van der Waals surface area contributed by atoms with Gasteiger partial charge in [0.1, 0.15) is 11.3 Å². The topological polar surface area (TPSA) is 48.4 Å². The van der Waals surface area contributed by atoms with Gasteiger partial charge in [0.05, 0.1) is 14.2 Å². The van der Waals surface area contributed by atoms with E-state index < -0.39 is 0 Å². The lowest BCUT2D eigenvalue weighted by molar-refractivity contribution is -0.140. The van der Waals surface area contributed by atoms with E-state index in [0.717, 1.165) is 27.9 Å². The molecular formula is C15H17NO3. The van der Waals surface area contributed by atoms with Crippen LogP contribution < -0.4 is 4.74 Å². The number of hydrogen-bond donors (Lipinski definition) is 0. The summed E-state index contributed by atoms with van der Waals surface area (Å²) in [5.74, 6) is 0.546. The van der Waals surface area contributed by atoms with E-state index in [4.69, 9.17) is 4.74 Å². The van der Waals surface area contributed by atoms with Crippen LogP contribution in [0.1, 0.15) is 17.7 Å². The summed E-state index contributed by atoms with van der Waals surface area (Å²) in [5, 5.41) is 1.02. The first-order chi connectivity index (χ1) is 9.15. The number of aromatic nitrogens is 1. The van der Waals surface area contributed by atoms with Crippen molar-refractivity contribution >= 4 is 16.9 Å². The third-order valence-corrected chi connectivity index (χ3v) is 3.10. The van der Waals surface area contributed by atoms with Crippen LogP contribution in [-0.4, -0.2) is 25.2 Å². The van der Waals surface area contributed by atoms with E-state index in [0.29, 0.717) is 12.8 Å². The van der Waals surface area contributed by atoms with Crippen molar-refractivity contribution in [2.75, 3.05) is 14.2 Å². The van der Waals surface area contributed by atoms with E-state index in [1.807, 2.05) is 31.2 Å². The Hall–Kier alpha value is -2.10. The van der Waals surface area contributed by atoms with E-state index in [9.17, 15) is 4.79 Å². The van der Waals surface area contributed by atoms with Gasteiger partial charge >= 0.3 is 5.97 Å². The molecular weight excluding hydrogens is 242 g/mol. The minimum absolute atomic E-state index is 0.205. The minimum atomic E-state index is -0.205. The maximum atomic E-state index is 11.2. The summed E-state index contributed by atoms with van der Waals surface area (Å²) >= 11 is 0. The van der Waals surface area contributed by atoms with Crippen LogP contribution in [0.15, 0.2) is 24.3 Å². The zero-order valence-corrected chi connectivity index (χ0v) is 11.4. The smallest absolute Gasteiger partial charge is 0.305 e. The van der Waals surface area contributed by atoms with Gasteiger partial charge in [-0.2, -0.15) is 0 Å². The standard InChI is InChI=1S/C15H17NO3/c1-10-4-7-12-11(6-9-14(17)19-3)5-8-13(18-2)15(12)16-10/h4-5,7-8H,6,9H2,1-3H3. The predicted octanol–water partition coefficient (Wildman–Crippen LogP) is 2.66. The van der Waals surface area contributed by atoms with Gasteiger partial charge in [-0.05, 0) is 31.0 Å². The van der Waals surface area contributed by atoms with Gasteiger partial charge in [-0.1, -0.05) is 12.1 Å². The first-order valence-corrected chi connectivity index (χ1v) is 6.15. The molecule has 0 radical (unpaired) electrons. The van der Waals surface area contributed by atoms with E-state index >= 15 is 0 Å². The van der Waals surface area contributed by atoms with Crippen molar-refractivity contribution in [2.45, 2.75) is 19.8 Å². The highest BCUT2D eigenvalue weighted by atomic mass is 16.5. The summed E-state index contributed by atoms with van der Waals surface area (Å²) < 4.78 is 10.00. The number of aryl methyl sites for hydroxylation is 2. The van der Waals surface area contributed by atoms with Gasteiger partial charge in [-0.25, -0.2) is 4.98 Å². The van der Waals surface area contributed by atoms with Crippen molar-refractivity contribution in [3.63, 3.8) is 0 Å². The first kappa shape index (κ1) is 13.3. The maximum absolute atomic E-state index is 11.2. The fourth-order valence-electron chi connectivity index (χ4n) is 2.07. The van der Waals surface area contributed by atoms with Crippen LogP contribution in [-0.2, 0) is 16.0 Å². The van der Waals surface area contributed by atoms with Crippen molar-refractivity contribution in [1.29, 1.82) is 0 Å². The zero-order chi connectivity index (χ0) is 13.8. The van der Waals surface area contributed by atoms with Crippen LogP contribution in [0, 0.1) is 6.92 Å². The van der Waals surface area contributed by atoms with E-state index in [1.54, 1.807) is 7.11 Å². The normalized spacial score (nSPS) is 10.5. The number of fused-ring (bicyclic) bond motifs is 1. The summed E-state index contributed by atoms with van der Waals surface area (Å²) in [6.07, 6.45) is 1.00. The fourth-order valence-corrected chi connectivity index (χ4v) is 2.07. The molecule has 0 unspecified atom stereocenters. The Bertz CT molecular complexity index is 608. The molecule has 0 saturated carbocycles. The molecule has 1 aromatic carbocycles.